The number of hydrogen-bond acceptors (Lipinski definition) is 16. The smallest absolute Gasteiger partial charge is 0.328 e. The minimum Gasteiger partial charge on any atom is -0.481 e. The van der Waals surface area contributed by atoms with Crippen LogP contribution in [0.1, 0.15) is 63.0 Å². The van der Waals surface area contributed by atoms with Gasteiger partial charge in [-0.05, 0) is 43.4 Å². The number of nitrogens with two attached hydrogens (primary N) is 4. The van der Waals surface area contributed by atoms with Gasteiger partial charge in [0, 0.05) is 42.9 Å². The van der Waals surface area contributed by atoms with Gasteiger partial charge in [0.2, 0.25) is 65.0 Å². The van der Waals surface area contributed by atoms with Crippen LogP contribution in [0.15, 0.2) is 60.8 Å². The lowest BCUT2D eigenvalue weighted by Crippen LogP contribution is -2.61. The van der Waals surface area contributed by atoms with E-state index in [1.807, 2.05) is 0 Å². The molecule has 0 radical (unpaired) electrons. The number of carboxylic acids is 2. The fraction of sp³-hybridized carbons (Fsp3) is 0.449. The van der Waals surface area contributed by atoms with E-state index in [1.54, 1.807) is 60.8 Å². The minimum absolute atomic E-state index is 0.0481. The highest BCUT2D eigenvalue weighted by atomic mass is 16.4. The summed E-state index contributed by atoms with van der Waals surface area (Å²) >= 11 is 0. The summed E-state index contributed by atoms with van der Waals surface area (Å²) in [7, 11) is 0. The molecule has 428 valence electrons. The lowest BCUT2D eigenvalue weighted by molar-refractivity contribution is -0.145. The zero-order valence-electron chi connectivity index (χ0n) is 42.7. The Labute approximate surface area is 449 Å². The molecule has 30 heteroatoms. The summed E-state index contributed by atoms with van der Waals surface area (Å²) in [5, 5.41) is 55.3. The number of para-hydroxylation sites is 1. The zero-order valence-corrected chi connectivity index (χ0v) is 42.7. The number of aliphatic hydroxyl groups excluding tert-OH is 2. The third-order valence-corrected chi connectivity index (χ3v) is 12.4. The van der Waals surface area contributed by atoms with Gasteiger partial charge in [-0.3, -0.25) is 57.5 Å². The molecule has 3 aromatic rings. The molecule has 2 heterocycles. The van der Waals surface area contributed by atoms with E-state index in [0.29, 0.717) is 22.0 Å². The van der Waals surface area contributed by atoms with Gasteiger partial charge >= 0.3 is 11.9 Å². The van der Waals surface area contributed by atoms with Crippen LogP contribution in [0, 0.1) is 0 Å². The number of carboxylic acid groups (broad SMARTS) is 2. The van der Waals surface area contributed by atoms with E-state index in [4.69, 9.17) is 22.9 Å². The quantitative estimate of drug-likeness (QED) is 0.0285. The van der Waals surface area contributed by atoms with Crippen LogP contribution < -0.4 is 60.2 Å². The standard InChI is InChI=1S/C49H65N13O17/c1-23(64)40(49(78)79)61-46(75)30(17-25-21-54-28-11-6-5-10-26(25)28)59-47(76)35-12-7-15-62(35)48(77)34(16-24-8-3-2-4-9-24)60-44(73)32(19-38(53)67)56-43(72)31(18-37(52)66)57-45(74)33(20-39(68)69)58-42(71)29(13-14-36(51)65)55-41(70)27(50)22-63/h2-6,8-11,21,23,27,29-35,40,54,63-64H,7,12-20,22,50H2,1H3,(H2,51,65)(H2,52,66)(H2,53,67)(H,55,70)(H,56,72)(H,57,74)(H,58,71)(H,59,76)(H,60,73)(H,61,75)(H,68,69)(H,78,79)/t23-,27+,29+,30+,31+,32+,33+,34+,35+,40+/m1/s1. The maximum atomic E-state index is 14.7. The second-order valence-electron chi connectivity index (χ2n) is 18.6. The van der Waals surface area contributed by atoms with Crippen LogP contribution >= 0.6 is 0 Å². The van der Waals surface area contributed by atoms with Gasteiger partial charge in [0.15, 0.2) is 6.04 Å². The highest BCUT2D eigenvalue weighted by Crippen LogP contribution is 2.23. The predicted molar refractivity (Wildman–Crippen MR) is 273 cm³/mol. The highest BCUT2D eigenvalue weighted by Gasteiger charge is 2.41. The van der Waals surface area contributed by atoms with Crippen LogP contribution in [0.5, 0.6) is 0 Å². The molecule has 10 atom stereocenters. The van der Waals surface area contributed by atoms with Crippen molar-refractivity contribution in [3.8, 4) is 0 Å². The summed E-state index contributed by atoms with van der Waals surface area (Å²) in [5.41, 5.74) is 23.3. The number of nitrogens with zero attached hydrogens (tertiary/aromatic N) is 1. The van der Waals surface area contributed by atoms with E-state index in [1.165, 1.54) is 0 Å². The maximum Gasteiger partial charge on any atom is 0.328 e. The van der Waals surface area contributed by atoms with Crippen LogP contribution in [0.4, 0.5) is 0 Å². The number of likely N-dealkylation sites (tertiary alicyclic amines) is 1. The van der Waals surface area contributed by atoms with Gasteiger partial charge in [0.05, 0.1) is 32.0 Å². The van der Waals surface area contributed by atoms with E-state index in [2.05, 4.69) is 42.2 Å². The third kappa shape index (κ3) is 18.9. The van der Waals surface area contributed by atoms with Gasteiger partial charge in [-0.2, -0.15) is 0 Å². The molecule has 1 aliphatic heterocycles. The van der Waals surface area contributed by atoms with Crippen molar-refractivity contribution >= 4 is 87.8 Å². The van der Waals surface area contributed by atoms with E-state index < -0.39 is 176 Å². The van der Waals surface area contributed by atoms with Crippen molar-refractivity contribution < 1.29 is 82.8 Å². The van der Waals surface area contributed by atoms with Crippen molar-refractivity contribution in [2.24, 2.45) is 22.9 Å². The minimum atomic E-state index is -2.08. The number of H-pyrrole nitrogens is 1. The molecule has 1 aliphatic rings. The Kier molecular flexibility index (Phi) is 23.3. The van der Waals surface area contributed by atoms with Crippen molar-refractivity contribution in [2.45, 2.75) is 125 Å². The number of aromatic nitrogens is 1. The zero-order chi connectivity index (χ0) is 58.7. The number of carbonyl (C=O) groups is 13. The third-order valence-electron chi connectivity index (χ3n) is 12.4. The van der Waals surface area contributed by atoms with Crippen LogP contribution in [0.2, 0.25) is 0 Å². The molecule has 1 fully saturated rings. The first-order valence-electron chi connectivity index (χ1n) is 24.7. The molecule has 1 aromatic heterocycles. The van der Waals surface area contributed by atoms with Crippen molar-refractivity contribution in [2.75, 3.05) is 13.2 Å². The van der Waals surface area contributed by atoms with E-state index in [0.717, 1.165) is 11.8 Å². The first-order chi connectivity index (χ1) is 37.3. The molecule has 1 saturated heterocycles. The molecule has 0 spiro atoms. The summed E-state index contributed by atoms with van der Waals surface area (Å²) in [6.45, 7) is 0.223. The largest absolute Gasteiger partial charge is 0.481 e. The van der Waals surface area contributed by atoms with Gasteiger partial charge < -0.3 is 90.5 Å². The number of fused-ring (bicyclic) bond motifs is 1. The van der Waals surface area contributed by atoms with Crippen molar-refractivity contribution in [3.05, 3.63) is 71.9 Å². The fourth-order valence-electron chi connectivity index (χ4n) is 8.40. The Balaban J connectivity index is 1.60. The van der Waals surface area contributed by atoms with Gasteiger partial charge in [-0.15, -0.1) is 0 Å². The maximum absolute atomic E-state index is 14.7. The van der Waals surface area contributed by atoms with Crippen LogP contribution in [-0.2, 0) is 75.2 Å². The number of primary amides is 3. The molecule has 11 amide bonds. The first kappa shape index (κ1) is 62.5. The number of nitrogens with one attached hydrogen (secondary N) is 8. The second-order valence-corrected chi connectivity index (χ2v) is 18.6. The van der Waals surface area contributed by atoms with Crippen LogP contribution in [0.3, 0.4) is 0 Å². The lowest BCUT2D eigenvalue weighted by atomic mass is 10.0. The Hall–Kier alpha value is -9.03. The lowest BCUT2D eigenvalue weighted by Gasteiger charge is -2.31. The molecular weight excluding hydrogens is 1040 g/mol. The molecular formula is C49H65N13O17. The van der Waals surface area contributed by atoms with E-state index in [9.17, 15) is 82.8 Å². The summed E-state index contributed by atoms with van der Waals surface area (Å²) in [5.74, 6) is -15.7. The first-order valence-corrected chi connectivity index (χ1v) is 24.7. The molecule has 0 bridgehead atoms. The molecule has 0 aliphatic carbocycles. The summed E-state index contributed by atoms with van der Waals surface area (Å²) < 4.78 is 0. The fourth-order valence-corrected chi connectivity index (χ4v) is 8.40. The summed E-state index contributed by atoms with van der Waals surface area (Å²) in [6, 6.07) is -0.275. The Morgan fingerprint density at radius 1 is 0.633 bits per heavy atom. The topological polar surface area (TPSA) is 510 Å². The Bertz CT molecular complexity index is 2760. The number of hydrogen-bond donors (Lipinski definition) is 16. The van der Waals surface area contributed by atoms with Gasteiger partial charge in [0.25, 0.3) is 0 Å². The predicted octanol–water partition coefficient (Wildman–Crippen LogP) is -6.39. The number of amides is 11. The van der Waals surface area contributed by atoms with Crippen molar-refractivity contribution in [1.82, 2.24) is 47.1 Å². The molecule has 79 heavy (non-hydrogen) atoms. The van der Waals surface area contributed by atoms with E-state index >= 15 is 0 Å². The number of aliphatic carboxylic acids is 2. The van der Waals surface area contributed by atoms with Crippen LogP contribution in [0.25, 0.3) is 10.9 Å². The van der Waals surface area contributed by atoms with Crippen LogP contribution in [-0.4, -0.2) is 181 Å². The Morgan fingerprint density at radius 2 is 1.15 bits per heavy atom. The van der Waals surface area contributed by atoms with Gasteiger partial charge in [-0.25, -0.2) is 4.79 Å². The number of carbonyl (C=O) groups excluding carboxylic acids is 11. The number of aromatic amines is 1. The molecule has 4 rings (SSSR count). The molecule has 0 unspecified atom stereocenters. The SMILES string of the molecule is C[C@@H](O)[C@H](NC(=O)[C@H](Cc1c[nH]c2ccccc12)NC(=O)[C@@H]1CCCN1C(=O)[C@H](Cc1ccccc1)NC(=O)[C@H](CC(N)=O)NC(=O)[C@H](CC(N)=O)NC(=O)[C@H](CC(=O)O)NC(=O)[C@H](CCC(N)=O)NC(=O)[C@@H](N)CO)C(=O)O. The molecule has 0 saturated carbocycles. The number of benzene rings is 2. The summed E-state index contributed by atoms with van der Waals surface area (Å²) in [4.78, 5) is 175. The monoisotopic (exact) mass is 1110 g/mol. The second kappa shape index (κ2) is 29.5. The number of aliphatic hydroxyl groups is 2. The highest BCUT2D eigenvalue weighted by molar-refractivity contribution is 6.01. The van der Waals surface area contributed by atoms with Gasteiger partial charge in [0.1, 0.15) is 48.3 Å². The van der Waals surface area contributed by atoms with Gasteiger partial charge in [-0.1, -0.05) is 48.5 Å². The van der Waals surface area contributed by atoms with Crippen molar-refractivity contribution in [1.29, 1.82) is 0 Å². The van der Waals surface area contributed by atoms with Crippen molar-refractivity contribution in [3.63, 3.8) is 0 Å². The Morgan fingerprint density at radius 3 is 1.68 bits per heavy atom. The average molecular weight is 1110 g/mol. The molecule has 20 N–H and O–H groups in total. The normalized spacial score (nSPS) is 16.4. The van der Waals surface area contributed by atoms with E-state index in [-0.39, 0.29) is 32.2 Å². The molecule has 2 aromatic carbocycles. The summed E-state index contributed by atoms with van der Waals surface area (Å²) in [6.07, 6.45) is -4.29. The molecule has 30 nitrogen and oxygen atoms in total. The number of rotatable bonds is 31. The average Bonchev–Trinajstić information content (AvgIpc) is 4.09.